The molecule has 3 aromatic carbocycles. The predicted molar refractivity (Wildman–Crippen MR) is 152 cm³/mol. The van der Waals surface area contributed by atoms with Gasteiger partial charge in [0.05, 0.1) is 7.11 Å². The monoisotopic (exact) mass is 512 g/mol. The molecule has 2 amide bonds. The molecule has 0 saturated heterocycles. The second-order valence-corrected chi connectivity index (χ2v) is 10.2. The van der Waals surface area contributed by atoms with Gasteiger partial charge in [-0.05, 0) is 60.1 Å². The third-order valence-electron chi connectivity index (χ3n) is 7.52. The van der Waals surface area contributed by atoms with E-state index in [2.05, 4.69) is 36.5 Å². The summed E-state index contributed by atoms with van der Waals surface area (Å²) < 4.78 is 5.43. The van der Waals surface area contributed by atoms with Crippen LogP contribution in [0.1, 0.15) is 61.3 Å². The maximum atomic E-state index is 13.9. The Hall–Kier alpha value is -3.60. The van der Waals surface area contributed by atoms with E-state index >= 15 is 0 Å². The number of aryl methyl sites for hydroxylation is 2. The number of nitrogens with zero attached hydrogens (tertiary/aromatic N) is 1. The molecule has 5 nitrogen and oxygen atoms in total. The van der Waals surface area contributed by atoms with Crippen molar-refractivity contribution in [2.75, 3.05) is 7.11 Å². The molecule has 1 atom stereocenters. The van der Waals surface area contributed by atoms with Crippen molar-refractivity contribution in [3.8, 4) is 5.75 Å². The Morgan fingerprint density at radius 3 is 2.26 bits per heavy atom. The van der Waals surface area contributed by atoms with Crippen LogP contribution in [-0.4, -0.2) is 35.9 Å². The summed E-state index contributed by atoms with van der Waals surface area (Å²) in [6, 6.07) is 25.8. The molecule has 1 fully saturated rings. The van der Waals surface area contributed by atoms with Crippen molar-refractivity contribution < 1.29 is 14.3 Å². The average Bonchev–Trinajstić information content (AvgIpc) is 3.47. The van der Waals surface area contributed by atoms with E-state index in [1.54, 1.807) is 12.0 Å². The summed E-state index contributed by atoms with van der Waals surface area (Å²) in [6.07, 6.45) is 6.72. The topological polar surface area (TPSA) is 58.6 Å². The molecule has 1 aliphatic rings. The standard InChI is InChI=1S/C33H40N2O3/c1-3-25-16-18-26(19-17-25)20-21-32(36)35(24-28-12-9-15-30(22-28)38-2)31(23-27-10-5-4-6-11-27)33(37)34-29-13-7-8-14-29/h4-6,9-12,15-19,22,29,31H,3,7-8,13-14,20-21,23-24H2,1-2H3,(H,34,37)/t31-/m0/s1. The number of benzene rings is 3. The number of amides is 2. The third-order valence-corrected chi connectivity index (χ3v) is 7.52. The Bertz CT molecular complexity index is 1170. The van der Waals surface area contributed by atoms with Crippen molar-refractivity contribution in [2.45, 2.75) is 76.9 Å². The van der Waals surface area contributed by atoms with Crippen LogP contribution in [0.3, 0.4) is 0 Å². The maximum Gasteiger partial charge on any atom is 0.243 e. The van der Waals surface area contributed by atoms with Crippen LogP contribution >= 0.6 is 0 Å². The Balaban J connectivity index is 1.60. The molecular weight excluding hydrogens is 472 g/mol. The van der Waals surface area contributed by atoms with Crippen LogP contribution in [0, 0.1) is 0 Å². The molecule has 4 rings (SSSR count). The Morgan fingerprint density at radius 2 is 1.58 bits per heavy atom. The number of nitrogens with one attached hydrogen (secondary N) is 1. The number of rotatable bonds is 12. The van der Waals surface area contributed by atoms with E-state index in [0.29, 0.717) is 25.8 Å². The fourth-order valence-corrected chi connectivity index (χ4v) is 5.23. The molecular formula is C33H40N2O3. The van der Waals surface area contributed by atoms with E-state index in [4.69, 9.17) is 4.74 Å². The summed E-state index contributed by atoms with van der Waals surface area (Å²) in [5, 5.41) is 3.27. The number of ether oxygens (including phenoxy) is 1. The van der Waals surface area contributed by atoms with E-state index in [9.17, 15) is 9.59 Å². The first-order valence-corrected chi connectivity index (χ1v) is 13.9. The average molecular weight is 513 g/mol. The fourth-order valence-electron chi connectivity index (χ4n) is 5.23. The molecule has 0 bridgehead atoms. The molecule has 1 aliphatic carbocycles. The van der Waals surface area contributed by atoms with E-state index in [1.165, 1.54) is 5.56 Å². The number of carbonyl (C=O) groups excluding carboxylic acids is 2. The Morgan fingerprint density at radius 1 is 0.895 bits per heavy atom. The molecule has 1 saturated carbocycles. The first-order chi connectivity index (χ1) is 18.6. The van der Waals surface area contributed by atoms with Gasteiger partial charge in [0.15, 0.2) is 0 Å². The van der Waals surface area contributed by atoms with Gasteiger partial charge in [0.2, 0.25) is 11.8 Å². The molecule has 5 heteroatoms. The number of methoxy groups -OCH3 is 1. The third kappa shape index (κ3) is 7.70. The molecule has 3 aromatic rings. The lowest BCUT2D eigenvalue weighted by Gasteiger charge is -2.32. The summed E-state index contributed by atoms with van der Waals surface area (Å²) in [7, 11) is 1.64. The van der Waals surface area contributed by atoms with Crippen molar-refractivity contribution >= 4 is 11.8 Å². The van der Waals surface area contributed by atoms with Gasteiger partial charge >= 0.3 is 0 Å². The number of carbonyl (C=O) groups is 2. The highest BCUT2D eigenvalue weighted by Gasteiger charge is 2.32. The minimum Gasteiger partial charge on any atom is -0.497 e. The van der Waals surface area contributed by atoms with Gasteiger partial charge in [-0.25, -0.2) is 0 Å². The van der Waals surface area contributed by atoms with Crippen LogP contribution in [0.5, 0.6) is 5.75 Å². The number of hydrogen-bond donors (Lipinski definition) is 1. The minimum absolute atomic E-state index is 0.0186. The SMILES string of the molecule is CCc1ccc(CCC(=O)N(Cc2cccc(OC)c2)[C@@H](Cc2ccccc2)C(=O)NC2CCCC2)cc1. The van der Waals surface area contributed by atoms with Crippen molar-refractivity contribution in [2.24, 2.45) is 0 Å². The van der Waals surface area contributed by atoms with Crippen LogP contribution in [-0.2, 0) is 35.4 Å². The Kier molecular flexibility index (Phi) is 9.97. The quantitative estimate of drug-likeness (QED) is 0.329. The highest BCUT2D eigenvalue weighted by atomic mass is 16.5. The summed E-state index contributed by atoms with van der Waals surface area (Å²) in [6.45, 7) is 2.48. The molecule has 38 heavy (non-hydrogen) atoms. The van der Waals surface area contributed by atoms with Crippen molar-refractivity contribution in [3.05, 3.63) is 101 Å². The zero-order valence-corrected chi connectivity index (χ0v) is 22.7. The van der Waals surface area contributed by atoms with Gasteiger partial charge in [0.1, 0.15) is 11.8 Å². The van der Waals surface area contributed by atoms with E-state index in [-0.39, 0.29) is 17.9 Å². The van der Waals surface area contributed by atoms with Gasteiger partial charge in [-0.2, -0.15) is 0 Å². The number of hydrogen-bond acceptors (Lipinski definition) is 3. The van der Waals surface area contributed by atoms with Gasteiger partial charge in [0, 0.05) is 25.4 Å². The smallest absolute Gasteiger partial charge is 0.243 e. The van der Waals surface area contributed by atoms with E-state index in [1.807, 2.05) is 54.6 Å². The second kappa shape index (κ2) is 13.8. The Labute approximate surface area is 227 Å². The summed E-state index contributed by atoms with van der Waals surface area (Å²) >= 11 is 0. The van der Waals surface area contributed by atoms with E-state index in [0.717, 1.165) is 54.5 Å². The van der Waals surface area contributed by atoms with Crippen molar-refractivity contribution in [1.29, 1.82) is 0 Å². The lowest BCUT2D eigenvalue weighted by atomic mass is 10.0. The lowest BCUT2D eigenvalue weighted by Crippen LogP contribution is -2.52. The first-order valence-electron chi connectivity index (χ1n) is 13.9. The van der Waals surface area contributed by atoms with Crippen molar-refractivity contribution in [3.63, 3.8) is 0 Å². The molecule has 0 heterocycles. The van der Waals surface area contributed by atoms with Gasteiger partial charge in [0.25, 0.3) is 0 Å². The van der Waals surface area contributed by atoms with Crippen LogP contribution in [0.25, 0.3) is 0 Å². The van der Waals surface area contributed by atoms with E-state index < -0.39 is 6.04 Å². The summed E-state index contributed by atoms with van der Waals surface area (Å²) in [5.74, 6) is 0.653. The molecule has 0 unspecified atom stereocenters. The lowest BCUT2D eigenvalue weighted by molar-refractivity contribution is -0.141. The van der Waals surface area contributed by atoms with Gasteiger partial charge in [-0.3, -0.25) is 9.59 Å². The van der Waals surface area contributed by atoms with Crippen molar-refractivity contribution in [1.82, 2.24) is 10.2 Å². The summed E-state index contributed by atoms with van der Waals surface area (Å²) in [4.78, 5) is 29.4. The van der Waals surface area contributed by atoms with Gasteiger partial charge < -0.3 is 15.0 Å². The largest absolute Gasteiger partial charge is 0.497 e. The van der Waals surface area contributed by atoms with Crippen LogP contribution in [0.15, 0.2) is 78.9 Å². The fraction of sp³-hybridized carbons (Fsp3) is 0.394. The van der Waals surface area contributed by atoms with Crippen LogP contribution in [0.4, 0.5) is 0 Å². The zero-order chi connectivity index (χ0) is 26.7. The predicted octanol–water partition coefficient (Wildman–Crippen LogP) is 5.89. The molecule has 0 aromatic heterocycles. The normalized spacial score (nSPS) is 14.2. The van der Waals surface area contributed by atoms with Crippen LogP contribution < -0.4 is 10.1 Å². The van der Waals surface area contributed by atoms with Gasteiger partial charge in [-0.1, -0.05) is 86.5 Å². The molecule has 0 spiro atoms. The zero-order valence-electron chi connectivity index (χ0n) is 22.7. The molecule has 200 valence electrons. The summed E-state index contributed by atoms with van der Waals surface area (Å²) in [5.41, 5.74) is 4.40. The minimum atomic E-state index is -0.598. The highest BCUT2D eigenvalue weighted by molar-refractivity contribution is 5.88. The molecule has 0 aliphatic heterocycles. The molecule has 0 radical (unpaired) electrons. The highest BCUT2D eigenvalue weighted by Crippen LogP contribution is 2.22. The second-order valence-electron chi connectivity index (χ2n) is 10.2. The first kappa shape index (κ1) is 27.4. The van der Waals surface area contributed by atoms with Crippen LogP contribution in [0.2, 0.25) is 0 Å². The maximum absolute atomic E-state index is 13.9. The molecule has 1 N–H and O–H groups in total. The van der Waals surface area contributed by atoms with Gasteiger partial charge in [-0.15, -0.1) is 0 Å².